The lowest BCUT2D eigenvalue weighted by molar-refractivity contribution is 0.0993. The Bertz CT molecular complexity index is 393. The number of ether oxygens (including phenoxy) is 2. The molecule has 1 N–H and O–H groups in total. The zero-order chi connectivity index (χ0) is 12.1. The summed E-state index contributed by atoms with van der Waals surface area (Å²) in [5.41, 5.74) is 0.582. The van der Waals surface area contributed by atoms with Crippen LogP contribution in [0, 0.1) is 0 Å². The van der Waals surface area contributed by atoms with Crippen molar-refractivity contribution in [3.8, 4) is 11.5 Å². The molecule has 0 aliphatic rings. The van der Waals surface area contributed by atoms with E-state index < -0.39 is 0 Å². The van der Waals surface area contributed by atoms with E-state index in [1.54, 1.807) is 26.3 Å². The Morgan fingerprint density at radius 3 is 2.56 bits per heavy atom. The van der Waals surface area contributed by atoms with E-state index in [-0.39, 0.29) is 5.78 Å². The van der Waals surface area contributed by atoms with E-state index in [0.717, 1.165) is 0 Å². The number of rotatable bonds is 5. The summed E-state index contributed by atoms with van der Waals surface area (Å²) in [4.78, 5) is 11.7. The average Bonchev–Trinajstić information content (AvgIpc) is 2.28. The van der Waals surface area contributed by atoms with Gasteiger partial charge in [0, 0.05) is 5.56 Å². The lowest BCUT2D eigenvalue weighted by Crippen LogP contribution is -2.18. The molecule has 0 amide bonds. The zero-order valence-corrected chi connectivity index (χ0v) is 11.1. The molecule has 16 heavy (non-hydrogen) atoms. The van der Waals surface area contributed by atoms with Gasteiger partial charge in [-0.25, -0.2) is 0 Å². The normalized spacial score (nSPS) is 10.0. The molecule has 0 aliphatic carbocycles. The first-order valence-electron chi connectivity index (χ1n) is 4.73. The maximum Gasteiger partial charge on any atom is 0.176 e. The second-order valence-corrected chi connectivity index (χ2v) is 4.00. The lowest BCUT2D eigenvalue weighted by atomic mass is 10.1. The third-order valence-electron chi connectivity index (χ3n) is 2.09. The number of Topliss-reactive ketones (excluding diaryl/α,β-unsaturated/α-hetero) is 1. The van der Waals surface area contributed by atoms with Crippen LogP contribution in [0.15, 0.2) is 16.6 Å². The van der Waals surface area contributed by atoms with E-state index in [0.29, 0.717) is 28.1 Å². The van der Waals surface area contributed by atoms with E-state index in [1.807, 2.05) is 0 Å². The molecule has 0 atom stereocenters. The lowest BCUT2D eigenvalue weighted by Gasteiger charge is -2.11. The molecule has 88 valence electrons. The van der Waals surface area contributed by atoms with Crippen molar-refractivity contribution in [2.24, 2.45) is 0 Å². The number of carbonyl (C=O) groups is 1. The molecule has 0 aromatic heterocycles. The van der Waals surface area contributed by atoms with Crippen LogP contribution in [-0.2, 0) is 0 Å². The molecule has 0 spiro atoms. The molecule has 0 fully saturated rings. The van der Waals surface area contributed by atoms with Gasteiger partial charge in [0.25, 0.3) is 0 Å². The van der Waals surface area contributed by atoms with Crippen molar-refractivity contribution in [2.75, 3.05) is 27.8 Å². The first-order chi connectivity index (χ1) is 7.63. The molecule has 0 bridgehead atoms. The average molecular weight is 288 g/mol. The SMILES string of the molecule is CNCC(=O)c1cc(Br)c(OC)c(OC)c1. The highest BCUT2D eigenvalue weighted by molar-refractivity contribution is 9.10. The van der Waals surface area contributed by atoms with E-state index >= 15 is 0 Å². The van der Waals surface area contributed by atoms with Crippen LogP contribution in [0.3, 0.4) is 0 Å². The number of halogens is 1. The minimum atomic E-state index is 0.00385. The zero-order valence-electron chi connectivity index (χ0n) is 9.46. The van der Waals surface area contributed by atoms with E-state index in [2.05, 4.69) is 21.2 Å². The molecule has 1 rings (SSSR count). The van der Waals surface area contributed by atoms with E-state index in [1.165, 1.54) is 7.11 Å². The second-order valence-electron chi connectivity index (χ2n) is 3.15. The summed E-state index contributed by atoms with van der Waals surface area (Å²) in [6.07, 6.45) is 0. The fourth-order valence-corrected chi connectivity index (χ4v) is 1.95. The number of nitrogens with one attached hydrogen (secondary N) is 1. The summed E-state index contributed by atoms with van der Waals surface area (Å²) in [6, 6.07) is 3.39. The number of methoxy groups -OCH3 is 2. The Morgan fingerprint density at radius 2 is 2.06 bits per heavy atom. The summed E-state index contributed by atoms with van der Waals surface area (Å²) in [6.45, 7) is 0.294. The van der Waals surface area contributed by atoms with Crippen molar-refractivity contribution in [1.29, 1.82) is 0 Å². The predicted octanol–water partition coefficient (Wildman–Crippen LogP) is 1.87. The van der Waals surface area contributed by atoms with Crippen LogP contribution >= 0.6 is 15.9 Å². The van der Waals surface area contributed by atoms with Crippen molar-refractivity contribution >= 4 is 21.7 Å². The number of ketones is 1. The summed E-state index contributed by atoms with van der Waals surface area (Å²) in [5.74, 6) is 1.13. The predicted molar refractivity (Wildman–Crippen MR) is 65.5 cm³/mol. The van der Waals surface area contributed by atoms with Crippen molar-refractivity contribution in [1.82, 2.24) is 5.32 Å². The second kappa shape index (κ2) is 5.86. The molecule has 5 heteroatoms. The van der Waals surface area contributed by atoms with Crippen LogP contribution in [0.1, 0.15) is 10.4 Å². The Hall–Kier alpha value is -1.07. The molecule has 0 aliphatic heterocycles. The summed E-state index contributed by atoms with van der Waals surface area (Å²) in [5, 5.41) is 2.81. The number of likely N-dealkylation sites (N-methyl/N-ethyl adjacent to an activating group) is 1. The molecular formula is C11H14BrNO3. The Morgan fingerprint density at radius 1 is 1.38 bits per heavy atom. The monoisotopic (exact) mass is 287 g/mol. The third kappa shape index (κ3) is 2.74. The molecule has 1 aromatic rings. The van der Waals surface area contributed by atoms with Crippen molar-refractivity contribution < 1.29 is 14.3 Å². The highest BCUT2D eigenvalue weighted by atomic mass is 79.9. The third-order valence-corrected chi connectivity index (χ3v) is 2.68. The molecule has 0 saturated carbocycles. The van der Waals surface area contributed by atoms with Crippen molar-refractivity contribution in [3.63, 3.8) is 0 Å². The van der Waals surface area contributed by atoms with E-state index in [4.69, 9.17) is 9.47 Å². The molecule has 0 radical (unpaired) electrons. The maximum atomic E-state index is 11.7. The van der Waals surface area contributed by atoms with Crippen LogP contribution < -0.4 is 14.8 Å². The molecule has 4 nitrogen and oxygen atoms in total. The Kier molecular flexibility index (Phi) is 4.76. The largest absolute Gasteiger partial charge is 0.493 e. The quantitative estimate of drug-likeness (QED) is 0.840. The van der Waals surface area contributed by atoms with E-state index in [9.17, 15) is 4.79 Å². The van der Waals surface area contributed by atoms with Crippen molar-refractivity contribution in [2.45, 2.75) is 0 Å². The van der Waals surface area contributed by atoms with Crippen LogP contribution in [0.4, 0.5) is 0 Å². The van der Waals surface area contributed by atoms with Gasteiger partial charge in [0.1, 0.15) is 0 Å². The molecule has 1 aromatic carbocycles. The van der Waals surface area contributed by atoms with Gasteiger partial charge in [0.2, 0.25) is 0 Å². The number of benzene rings is 1. The van der Waals surface area contributed by atoms with Crippen LogP contribution in [0.2, 0.25) is 0 Å². The minimum Gasteiger partial charge on any atom is -0.493 e. The van der Waals surface area contributed by atoms with Crippen LogP contribution in [0.25, 0.3) is 0 Å². The minimum absolute atomic E-state index is 0.00385. The van der Waals surface area contributed by atoms with Gasteiger partial charge < -0.3 is 14.8 Å². The van der Waals surface area contributed by atoms with Crippen molar-refractivity contribution in [3.05, 3.63) is 22.2 Å². The Labute approximate surface area is 103 Å². The maximum absolute atomic E-state index is 11.7. The summed E-state index contributed by atoms with van der Waals surface area (Å²) >= 11 is 3.34. The highest BCUT2D eigenvalue weighted by Gasteiger charge is 2.14. The number of carbonyl (C=O) groups excluding carboxylic acids is 1. The summed E-state index contributed by atoms with van der Waals surface area (Å²) < 4.78 is 11.0. The molecular weight excluding hydrogens is 274 g/mol. The van der Waals surface area contributed by atoms with Crippen LogP contribution in [-0.4, -0.2) is 33.6 Å². The smallest absolute Gasteiger partial charge is 0.176 e. The standard InChI is InChI=1S/C11H14BrNO3/c1-13-6-9(14)7-4-8(12)11(16-3)10(5-7)15-2/h4-5,13H,6H2,1-3H3. The van der Waals surface area contributed by atoms with Gasteiger partial charge in [-0.1, -0.05) is 0 Å². The van der Waals surface area contributed by atoms with Gasteiger partial charge in [-0.05, 0) is 35.1 Å². The summed E-state index contributed by atoms with van der Waals surface area (Å²) in [7, 11) is 4.82. The Balaban J connectivity index is 3.15. The van der Waals surface area contributed by atoms with Gasteiger partial charge in [-0.3, -0.25) is 4.79 Å². The van der Waals surface area contributed by atoms with Gasteiger partial charge in [-0.15, -0.1) is 0 Å². The topological polar surface area (TPSA) is 47.6 Å². The molecule has 0 heterocycles. The highest BCUT2D eigenvalue weighted by Crippen LogP contribution is 2.36. The fraction of sp³-hybridized carbons (Fsp3) is 0.364. The first-order valence-corrected chi connectivity index (χ1v) is 5.52. The first kappa shape index (κ1) is 13.0. The molecule has 0 unspecified atom stereocenters. The van der Waals surface area contributed by atoms with Gasteiger partial charge >= 0.3 is 0 Å². The van der Waals surface area contributed by atoms with Gasteiger partial charge in [-0.2, -0.15) is 0 Å². The van der Waals surface area contributed by atoms with Crippen LogP contribution in [0.5, 0.6) is 11.5 Å². The number of hydrogen-bond acceptors (Lipinski definition) is 4. The fourth-order valence-electron chi connectivity index (χ4n) is 1.34. The molecule has 0 saturated heterocycles. The van der Waals surface area contributed by atoms with Gasteiger partial charge in [0.05, 0.1) is 25.2 Å². The number of hydrogen-bond donors (Lipinski definition) is 1. The van der Waals surface area contributed by atoms with Gasteiger partial charge in [0.15, 0.2) is 17.3 Å².